The van der Waals surface area contributed by atoms with Gasteiger partial charge in [0.25, 0.3) is 5.91 Å². The van der Waals surface area contributed by atoms with E-state index in [1.54, 1.807) is 0 Å². The van der Waals surface area contributed by atoms with E-state index in [1.807, 2.05) is 31.2 Å². The first-order valence-electron chi connectivity index (χ1n) is 9.48. The summed E-state index contributed by atoms with van der Waals surface area (Å²) in [6, 6.07) is 9.70. The van der Waals surface area contributed by atoms with Gasteiger partial charge in [0.2, 0.25) is 5.88 Å². The number of aromatic nitrogens is 1. The van der Waals surface area contributed by atoms with Gasteiger partial charge in [-0.2, -0.15) is 13.2 Å². The Labute approximate surface area is 167 Å². The predicted molar refractivity (Wildman–Crippen MR) is 101 cm³/mol. The van der Waals surface area contributed by atoms with E-state index in [9.17, 15) is 18.0 Å². The number of carbonyl (C=O) groups excluding carboxylic acids is 1. The molecule has 1 N–H and O–H groups in total. The van der Waals surface area contributed by atoms with Gasteiger partial charge in [-0.3, -0.25) is 4.79 Å². The molecule has 2 aromatic rings. The highest BCUT2D eigenvalue weighted by Gasteiger charge is 2.31. The Bertz CT molecular complexity index is 799. The molecule has 1 saturated carbocycles. The molecule has 1 heterocycles. The van der Waals surface area contributed by atoms with E-state index >= 15 is 0 Å². The van der Waals surface area contributed by atoms with Crippen LogP contribution in [-0.4, -0.2) is 29.6 Å². The molecule has 0 radical (unpaired) electrons. The third-order valence-corrected chi connectivity index (χ3v) is 4.78. The van der Waals surface area contributed by atoms with Crippen LogP contribution in [0.5, 0.6) is 11.6 Å². The summed E-state index contributed by atoms with van der Waals surface area (Å²) in [7, 11) is 0. The molecular weight excluding hydrogens is 385 g/mol. The van der Waals surface area contributed by atoms with Gasteiger partial charge in [-0.15, -0.1) is 0 Å². The second kappa shape index (κ2) is 9.15. The number of halogens is 3. The molecule has 0 spiro atoms. The minimum atomic E-state index is -4.41. The van der Waals surface area contributed by atoms with Gasteiger partial charge in [0.05, 0.1) is 5.56 Å². The minimum absolute atomic E-state index is 0.0320. The Kier molecular flexibility index (Phi) is 6.61. The molecule has 5 nitrogen and oxygen atoms in total. The summed E-state index contributed by atoms with van der Waals surface area (Å²) in [5.41, 5.74) is 0.316. The number of amides is 1. The van der Waals surface area contributed by atoms with Gasteiger partial charge in [-0.05, 0) is 50.8 Å². The maximum atomic E-state index is 12.6. The van der Waals surface area contributed by atoms with Crippen LogP contribution in [0.25, 0.3) is 0 Å². The van der Waals surface area contributed by atoms with Crippen LogP contribution in [0, 0.1) is 6.92 Å². The van der Waals surface area contributed by atoms with Crippen LogP contribution in [-0.2, 0) is 11.0 Å². The van der Waals surface area contributed by atoms with E-state index in [4.69, 9.17) is 9.47 Å². The first kappa shape index (κ1) is 21.0. The first-order valence-corrected chi connectivity index (χ1v) is 9.48. The summed E-state index contributed by atoms with van der Waals surface area (Å²) in [4.78, 5) is 15.8. The molecule has 3 rings (SSSR count). The standard InChI is InChI=1S/C21H23F3N2O3/c1-14-2-7-17(8-3-14)28-13-19(27)26-16-5-9-18(10-6-16)29-20-11-4-15(12-25-20)21(22,23)24/h2-4,7-8,11-12,16,18H,5-6,9-10,13H2,1H3,(H,26,27). The highest BCUT2D eigenvalue weighted by molar-refractivity contribution is 5.77. The number of hydrogen-bond donors (Lipinski definition) is 1. The quantitative estimate of drug-likeness (QED) is 0.775. The van der Waals surface area contributed by atoms with Crippen molar-refractivity contribution in [3.63, 3.8) is 0 Å². The zero-order valence-electron chi connectivity index (χ0n) is 16.0. The third-order valence-electron chi connectivity index (χ3n) is 4.78. The Morgan fingerprint density at radius 2 is 1.79 bits per heavy atom. The van der Waals surface area contributed by atoms with Crippen molar-refractivity contribution < 1.29 is 27.4 Å². The van der Waals surface area contributed by atoms with Crippen molar-refractivity contribution in [3.8, 4) is 11.6 Å². The fraction of sp³-hybridized carbons (Fsp3) is 0.429. The average Bonchev–Trinajstić information content (AvgIpc) is 2.69. The van der Waals surface area contributed by atoms with Crippen LogP contribution >= 0.6 is 0 Å². The summed E-state index contributed by atoms with van der Waals surface area (Å²) in [5, 5.41) is 2.95. The van der Waals surface area contributed by atoms with Gasteiger partial charge >= 0.3 is 6.18 Å². The number of hydrogen-bond acceptors (Lipinski definition) is 4. The normalized spacial score (nSPS) is 19.4. The number of carbonyl (C=O) groups is 1. The largest absolute Gasteiger partial charge is 0.484 e. The number of alkyl halides is 3. The summed E-state index contributed by atoms with van der Waals surface area (Å²) in [5.74, 6) is 0.642. The lowest BCUT2D eigenvalue weighted by Gasteiger charge is -2.29. The van der Waals surface area contributed by atoms with Crippen LogP contribution in [0.4, 0.5) is 13.2 Å². The first-order chi connectivity index (χ1) is 13.8. The van der Waals surface area contributed by atoms with Crippen LogP contribution in [0.2, 0.25) is 0 Å². The van der Waals surface area contributed by atoms with Crippen molar-refractivity contribution in [2.75, 3.05) is 6.61 Å². The zero-order chi connectivity index (χ0) is 20.9. The van der Waals surface area contributed by atoms with Gasteiger partial charge in [0.15, 0.2) is 6.61 Å². The van der Waals surface area contributed by atoms with E-state index in [-0.39, 0.29) is 30.5 Å². The van der Waals surface area contributed by atoms with Crippen molar-refractivity contribution >= 4 is 5.91 Å². The van der Waals surface area contributed by atoms with E-state index in [0.717, 1.165) is 30.7 Å². The van der Waals surface area contributed by atoms with Crippen molar-refractivity contribution in [2.45, 2.75) is 50.9 Å². The molecule has 1 aromatic heterocycles. The van der Waals surface area contributed by atoms with E-state index in [0.29, 0.717) is 18.6 Å². The highest BCUT2D eigenvalue weighted by Crippen LogP contribution is 2.30. The van der Waals surface area contributed by atoms with Gasteiger partial charge in [0.1, 0.15) is 11.9 Å². The fourth-order valence-electron chi connectivity index (χ4n) is 3.17. The third kappa shape index (κ3) is 6.37. The molecule has 0 saturated heterocycles. The van der Waals surface area contributed by atoms with E-state index in [2.05, 4.69) is 10.3 Å². The molecule has 1 aliphatic carbocycles. The number of benzene rings is 1. The summed E-state index contributed by atoms with van der Waals surface area (Å²) in [6.07, 6.45) is -0.946. The van der Waals surface area contributed by atoms with Crippen LogP contribution in [0.15, 0.2) is 42.6 Å². The zero-order valence-corrected chi connectivity index (χ0v) is 16.0. The SMILES string of the molecule is Cc1ccc(OCC(=O)NC2CCC(Oc3ccc(C(F)(F)F)cn3)CC2)cc1. The molecule has 156 valence electrons. The fourth-order valence-corrected chi connectivity index (χ4v) is 3.17. The van der Waals surface area contributed by atoms with Gasteiger partial charge in [0, 0.05) is 18.3 Å². The smallest absolute Gasteiger partial charge is 0.417 e. The Morgan fingerprint density at radius 3 is 2.38 bits per heavy atom. The second-order valence-corrected chi connectivity index (χ2v) is 7.14. The van der Waals surface area contributed by atoms with Crippen molar-refractivity contribution in [1.29, 1.82) is 0 Å². The molecule has 0 bridgehead atoms. The molecule has 1 aliphatic rings. The highest BCUT2D eigenvalue weighted by atomic mass is 19.4. The maximum Gasteiger partial charge on any atom is 0.417 e. The number of aryl methyl sites for hydroxylation is 1. The summed E-state index contributed by atoms with van der Waals surface area (Å²) >= 11 is 0. The van der Waals surface area contributed by atoms with Crippen molar-refractivity contribution in [3.05, 3.63) is 53.7 Å². The maximum absolute atomic E-state index is 12.6. The lowest BCUT2D eigenvalue weighted by atomic mass is 9.93. The molecule has 0 aliphatic heterocycles. The van der Waals surface area contributed by atoms with Gasteiger partial charge < -0.3 is 14.8 Å². The lowest BCUT2D eigenvalue weighted by Crippen LogP contribution is -2.41. The van der Waals surface area contributed by atoms with Gasteiger partial charge in [-0.1, -0.05) is 17.7 Å². The number of ether oxygens (including phenoxy) is 2. The molecule has 1 fully saturated rings. The van der Waals surface area contributed by atoms with Crippen LogP contribution in [0.3, 0.4) is 0 Å². The molecule has 29 heavy (non-hydrogen) atoms. The molecule has 0 atom stereocenters. The second-order valence-electron chi connectivity index (χ2n) is 7.14. The molecule has 1 aromatic carbocycles. The van der Waals surface area contributed by atoms with Gasteiger partial charge in [-0.25, -0.2) is 4.98 Å². The number of pyridine rings is 1. The van der Waals surface area contributed by atoms with E-state index < -0.39 is 11.7 Å². The number of nitrogens with zero attached hydrogens (tertiary/aromatic N) is 1. The number of nitrogens with one attached hydrogen (secondary N) is 1. The lowest BCUT2D eigenvalue weighted by molar-refractivity contribution is -0.137. The predicted octanol–water partition coefficient (Wildman–Crippen LogP) is 4.29. The molecular formula is C21H23F3N2O3. The van der Waals surface area contributed by atoms with Crippen molar-refractivity contribution in [1.82, 2.24) is 10.3 Å². The monoisotopic (exact) mass is 408 g/mol. The Morgan fingerprint density at radius 1 is 1.10 bits per heavy atom. The van der Waals surface area contributed by atoms with Crippen LogP contribution < -0.4 is 14.8 Å². The van der Waals surface area contributed by atoms with E-state index in [1.165, 1.54) is 6.07 Å². The number of rotatable bonds is 6. The molecule has 0 unspecified atom stereocenters. The Hall–Kier alpha value is -2.77. The molecule has 8 heteroatoms. The van der Waals surface area contributed by atoms with Crippen molar-refractivity contribution in [2.24, 2.45) is 0 Å². The minimum Gasteiger partial charge on any atom is -0.484 e. The summed E-state index contributed by atoms with van der Waals surface area (Å²) < 4.78 is 48.9. The Balaban J connectivity index is 1.38. The topological polar surface area (TPSA) is 60.5 Å². The molecule has 1 amide bonds. The van der Waals surface area contributed by atoms with Crippen LogP contribution in [0.1, 0.15) is 36.8 Å². The summed E-state index contributed by atoms with van der Waals surface area (Å²) in [6.45, 7) is 1.93. The average molecular weight is 408 g/mol.